The van der Waals surface area contributed by atoms with Crippen LogP contribution in [0.4, 0.5) is 0 Å². The van der Waals surface area contributed by atoms with Crippen molar-refractivity contribution in [1.82, 2.24) is 13.8 Å². The largest absolute Gasteiger partial charge is 0.497 e. The maximum Gasteiger partial charge on any atom is 0.366 e. The SMILES string of the molecule is COc1ccc2c(c1)c(CCN(C)C)cn2S(=O)(=O)OCC(C)(C)C(=O)OC1CCN(C)C1. The van der Waals surface area contributed by atoms with Crippen molar-refractivity contribution in [3.8, 4) is 5.75 Å². The van der Waals surface area contributed by atoms with Crippen LogP contribution in [0.25, 0.3) is 10.9 Å². The summed E-state index contributed by atoms with van der Waals surface area (Å²) in [7, 11) is 3.29. The third-order valence-corrected chi connectivity index (χ3v) is 7.07. The van der Waals surface area contributed by atoms with Gasteiger partial charge in [0.05, 0.1) is 24.6 Å². The van der Waals surface area contributed by atoms with Gasteiger partial charge in [-0.25, -0.2) is 3.97 Å². The Bertz CT molecular complexity index is 1090. The van der Waals surface area contributed by atoms with Crippen LogP contribution in [0.15, 0.2) is 24.4 Å². The number of ether oxygens (including phenoxy) is 2. The van der Waals surface area contributed by atoms with Crippen molar-refractivity contribution in [2.45, 2.75) is 32.8 Å². The molecule has 1 aliphatic heterocycles. The molecule has 1 unspecified atom stereocenters. The molecule has 10 heteroatoms. The predicted molar refractivity (Wildman–Crippen MR) is 127 cm³/mol. The van der Waals surface area contributed by atoms with E-state index in [1.165, 1.54) is 0 Å². The van der Waals surface area contributed by atoms with E-state index in [9.17, 15) is 13.2 Å². The van der Waals surface area contributed by atoms with Crippen LogP contribution in [0.5, 0.6) is 5.75 Å². The Morgan fingerprint density at radius 3 is 2.61 bits per heavy atom. The van der Waals surface area contributed by atoms with E-state index >= 15 is 0 Å². The summed E-state index contributed by atoms with van der Waals surface area (Å²) in [6.07, 6.45) is 2.84. The van der Waals surface area contributed by atoms with Crippen LogP contribution < -0.4 is 4.74 Å². The molecule has 0 amide bonds. The molecule has 0 N–H and O–H groups in total. The van der Waals surface area contributed by atoms with E-state index in [0.717, 1.165) is 34.4 Å². The molecule has 0 bridgehead atoms. The van der Waals surface area contributed by atoms with Gasteiger partial charge in [0.1, 0.15) is 11.9 Å². The quantitative estimate of drug-likeness (QED) is 0.477. The molecule has 0 saturated carbocycles. The van der Waals surface area contributed by atoms with Crippen LogP contribution in [0.2, 0.25) is 0 Å². The van der Waals surface area contributed by atoms with Gasteiger partial charge in [0.15, 0.2) is 0 Å². The van der Waals surface area contributed by atoms with E-state index < -0.39 is 21.7 Å². The zero-order valence-corrected chi connectivity index (χ0v) is 21.1. The first kappa shape index (κ1) is 25.5. The third kappa shape index (κ3) is 6.06. The Kier molecular flexibility index (Phi) is 7.73. The first-order valence-corrected chi connectivity index (χ1v) is 12.4. The van der Waals surface area contributed by atoms with Crippen LogP contribution in [0.3, 0.4) is 0 Å². The minimum absolute atomic E-state index is 0.180. The lowest BCUT2D eigenvalue weighted by molar-refractivity contribution is -0.160. The fourth-order valence-electron chi connectivity index (χ4n) is 3.74. The number of hydrogen-bond acceptors (Lipinski definition) is 8. The Morgan fingerprint density at radius 2 is 2.00 bits per heavy atom. The lowest BCUT2D eigenvalue weighted by atomic mass is 9.95. The van der Waals surface area contributed by atoms with Gasteiger partial charge in [-0.1, -0.05) is 0 Å². The van der Waals surface area contributed by atoms with Crippen molar-refractivity contribution in [2.75, 3.05) is 54.5 Å². The van der Waals surface area contributed by atoms with Gasteiger partial charge in [-0.3, -0.25) is 8.98 Å². The van der Waals surface area contributed by atoms with Crippen LogP contribution in [0, 0.1) is 5.41 Å². The highest BCUT2D eigenvalue weighted by molar-refractivity contribution is 7.85. The summed E-state index contributed by atoms with van der Waals surface area (Å²) in [5.41, 5.74) is 0.251. The van der Waals surface area contributed by atoms with E-state index in [1.807, 2.05) is 32.1 Å². The van der Waals surface area contributed by atoms with Gasteiger partial charge in [-0.2, -0.15) is 8.42 Å². The topological polar surface area (TPSA) is 90.3 Å². The fraction of sp³-hybridized carbons (Fsp3) is 0.609. The highest BCUT2D eigenvalue weighted by atomic mass is 32.2. The Hall–Kier alpha value is -2.14. The van der Waals surface area contributed by atoms with E-state index in [2.05, 4.69) is 4.90 Å². The van der Waals surface area contributed by atoms with Gasteiger partial charge >= 0.3 is 16.3 Å². The number of likely N-dealkylation sites (tertiary alicyclic amines) is 1. The molecule has 3 rings (SSSR count). The minimum atomic E-state index is -4.18. The number of methoxy groups -OCH3 is 1. The zero-order valence-electron chi connectivity index (χ0n) is 20.3. The van der Waals surface area contributed by atoms with Gasteiger partial charge in [0, 0.05) is 31.2 Å². The third-order valence-electron chi connectivity index (χ3n) is 5.87. The molecule has 33 heavy (non-hydrogen) atoms. The number of nitrogens with zero attached hydrogens (tertiary/aromatic N) is 3. The second-order valence-electron chi connectivity index (χ2n) is 9.57. The fourth-order valence-corrected chi connectivity index (χ4v) is 4.95. The number of benzene rings is 1. The van der Waals surface area contributed by atoms with Gasteiger partial charge in [-0.15, -0.1) is 0 Å². The minimum Gasteiger partial charge on any atom is -0.497 e. The van der Waals surface area contributed by atoms with Gasteiger partial charge in [0.2, 0.25) is 0 Å². The summed E-state index contributed by atoms with van der Waals surface area (Å²) < 4.78 is 43.7. The number of fused-ring (bicyclic) bond motifs is 1. The molecular formula is C23H35N3O6S. The molecule has 1 aromatic heterocycles. The first-order chi connectivity index (χ1) is 15.4. The van der Waals surface area contributed by atoms with Crippen LogP contribution in [-0.4, -0.2) is 88.8 Å². The van der Waals surface area contributed by atoms with E-state index in [4.69, 9.17) is 13.7 Å². The van der Waals surface area contributed by atoms with Gasteiger partial charge in [0.25, 0.3) is 0 Å². The van der Waals surface area contributed by atoms with Crippen molar-refractivity contribution in [2.24, 2.45) is 5.41 Å². The monoisotopic (exact) mass is 481 g/mol. The van der Waals surface area contributed by atoms with E-state index in [0.29, 0.717) is 24.2 Å². The average Bonchev–Trinajstić information content (AvgIpc) is 3.33. The van der Waals surface area contributed by atoms with Crippen LogP contribution in [0.1, 0.15) is 25.8 Å². The maximum absolute atomic E-state index is 13.1. The molecule has 1 saturated heterocycles. The van der Waals surface area contributed by atoms with Crippen molar-refractivity contribution < 1.29 is 26.9 Å². The van der Waals surface area contributed by atoms with Crippen molar-refractivity contribution in [3.63, 3.8) is 0 Å². The smallest absolute Gasteiger partial charge is 0.366 e. The number of likely N-dealkylation sites (N-methyl/N-ethyl adjacent to an activating group) is 2. The molecule has 0 aliphatic carbocycles. The van der Waals surface area contributed by atoms with Crippen LogP contribution in [-0.2, 0) is 30.4 Å². The van der Waals surface area contributed by atoms with Gasteiger partial charge in [-0.05, 0) is 71.6 Å². The summed E-state index contributed by atoms with van der Waals surface area (Å²) >= 11 is 0. The van der Waals surface area contributed by atoms with E-state index in [1.54, 1.807) is 39.3 Å². The van der Waals surface area contributed by atoms with E-state index in [-0.39, 0.29) is 12.7 Å². The highest BCUT2D eigenvalue weighted by Crippen LogP contribution is 2.29. The molecule has 1 aromatic carbocycles. The number of rotatable bonds is 10. The molecule has 9 nitrogen and oxygen atoms in total. The number of esters is 1. The molecule has 1 fully saturated rings. The molecule has 2 heterocycles. The second kappa shape index (κ2) is 10.0. The van der Waals surface area contributed by atoms with Crippen LogP contribution >= 0.6 is 0 Å². The molecule has 0 spiro atoms. The van der Waals surface area contributed by atoms with Gasteiger partial charge < -0.3 is 19.3 Å². The summed E-state index contributed by atoms with van der Waals surface area (Å²) in [5, 5.41) is 0.785. The highest BCUT2D eigenvalue weighted by Gasteiger charge is 2.35. The Labute approximate surface area is 196 Å². The predicted octanol–water partition coefficient (Wildman–Crippen LogP) is 2.14. The van der Waals surface area contributed by atoms with Crippen molar-refractivity contribution in [3.05, 3.63) is 30.0 Å². The normalized spacial score (nSPS) is 17.7. The number of aromatic nitrogens is 1. The Balaban J connectivity index is 1.80. The number of carbonyl (C=O) groups excluding carboxylic acids is 1. The molecular weight excluding hydrogens is 446 g/mol. The lowest BCUT2D eigenvalue weighted by Crippen LogP contribution is -2.36. The number of hydrogen-bond donors (Lipinski definition) is 0. The summed E-state index contributed by atoms with van der Waals surface area (Å²) in [4.78, 5) is 16.8. The molecule has 184 valence electrons. The average molecular weight is 482 g/mol. The molecule has 0 radical (unpaired) electrons. The summed E-state index contributed by atoms with van der Waals surface area (Å²) in [5.74, 6) is 0.179. The number of carbonyl (C=O) groups is 1. The van der Waals surface area contributed by atoms with Crippen molar-refractivity contribution in [1.29, 1.82) is 0 Å². The zero-order chi connectivity index (χ0) is 24.4. The summed E-state index contributed by atoms with van der Waals surface area (Å²) in [6.45, 7) is 5.24. The molecule has 1 atom stereocenters. The standard InChI is InChI=1S/C23H35N3O6S/c1-23(2,22(27)32-19-10-12-25(5)15-19)16-31-33(28,29)26-14-17(9-11-24(3)4)20-13-18(30-6)7-8-21(20)26/h7-8,13-14,19H,9-12,15-16H2,1-6H3. The molecule has 2 aromatic rings. The Morgan fingerprint density at radius 1 is 1.27 bits per heavy atom. The molecule has 1 aliphatic rings. The summed E-state index contributed by atoms with van der Waals surface area (Å²) in [6, 6.07) is 5.24. The van der Waals surface area contributed by atoms with Crippen molar-refractivity contribution >= 4 is 27.2 Å². The first-order valence-electron chi connectivity index (χ1n) is 11.1. The maximum atomic E-state index is 13.1. The second-order valence-corrected chi connectivity index (χ2v) is 11.1. The lowest BCUT2D eigenvalue weighted by Gasteiger charge is -2.24.